The number of hydrogen-bond donors (Lipinski definition) is 3. The number of nitrogens with zero attached hydrogens (tertiary/aromatic N) is 2. The summed E-state index contributed by atoms with van der Waals surface area (Å²) in [5.41, 5.74) is 2.81. The van der Waals surface area contributed by atoms with Gasteiger partial charge in [-0.1, -0.05) is 0 Å². The van der Waals surface area contributed by atoms with E-state index >= 15 is 0 Å². The van der Waals surface area contributed by atoms with Gasteiger partial charge in [0.1, 0.15) is 19.0 Å². The number of hydrogen-bond acceptors (Lipinski definition) is 7. The first-order valence-corrected chi connectivity index (χ1v) is 9.91. The van der Waals surface area contributed by atoms with Gasteiger partial charge in [0.2, 0.25) is 5.91 Å². The fraction of sp³-hybridized carbons (Fsp3) is 0.273. The Morgan fingerprint density at radius 3 is 2.88 bits per heavy atom. The van der Waals surface area contributed by atoms with E-state index in [1.54, 1.807) is 19.1 Å². The summed E-state index contributed by atoms with van der Waals surface area (Å²) in [7, 11) is 0. The van der Waals surface area contributed by atoms with Gasteiger partial charge in [0, 0.05) is 29.1 Å². The number of rotatable bonds is 3. The van der Waals surface area contributed by atoms with Crippen LogP contribution in [0, 0.1) is 12.7 Å². The maximum absolute atomic E-state index is 14.6. The van der Waals surface area contributed by atoms with E-state index in [1.807, 2.05) is 0 Å². The Bertz CT molecular complexity index is 1400. The Morgan fingerprint density at radius 2 is 2.12 bits per heavy atom. The zero-order valence-electron chi connectivity index (χ0n) is 16.9. The molecule has 1 atom stereocenters. The number of pyridine rings is 2. The van der Waals surface area contributed by atoms with E-state index in [0.717, 1.165) is 0 Å². The summed E-state index contributed by atoms with van der Waals surface area (Å²) in [6, 6.07) is 4.64. The zero-order valence-corrected chi connectivity index (χ0v) is 16.9. The Hall–Kier alpha value is -3.63. The highest BCUT2D eigenvalue weighted by Crippen LogP contribution is 2.36. The van der Waals surface area contributed by atoms with Gasteiger partial charge in [-0.15, -0.1) is 0 Å². The Morgan fingerprint density at radius 1 is 1.34 bits per heavy atom. The maximum Gasteiger partial charge on any atom is 0.340 e. The van der Waals surface area contributed by atoms with Gasteiger partial charge in [-0.3, -0.25) is 9.59 Å². The van der Waals surface area contributed by atoms with Crippen LogP contribution in [0.15, 0.2) is 23.0 Å². The molecule has 0 spiro atoms. The van der Waals surface area contributed by atoms with Crippen LogP contribution >= 0.6 is 0 Å². The van der Waals surface area contributed by atoms with Gasteiger partial charge in [-0.2, -0.15) is 0 Å². The summed E-state index contributed by atoms with van der Waals surface area (Å²) in [6.45, 7) is 0.916. The summed E-state index contributed by atoms with van der Waals surface area (Å²) in [5, 5.41) is 22.3. The summed E-state index contributed by atoms with van der Waals surface area (Å²) in [5.74, 6) is -1.91. The highest BCUT2D eigenvalue weighted by molar-refractivity contribution is 5.89. The van der Waals surface area contributed by atoms with Crippen LogP contribution in [-0.4, -0.2) is 38.2 Å². The molecule has 2 aliphatic heterocycles. The molecule has 3 aromatic rings. The van der Waals surface area contributed by atoms with Crippen molar-refractivity contribution < 1.29 is 28.9 Å². The molecule has 9 nitrogen and oxygen atoms in total. The molecule has 0 saturated heterocycles. The molecule has 1 amide bonds. The first kappa shape index (κ1) is 20.3. The van der Waals surface area contributed by atoms with Crippen LogP contribution in [0.25, 0.3) is 22.3 Å². The molecule has 2 aromatic heterocycles. The molecule has 4 heterocycles. The van der Waals surface area contributed by atoms with Crippen molar-refractivity contribution in [3.8, 4) is 11.4 Å². The minimum atomic E-state index is -1.55. The Kier molecular flexibility index (Phi) is 4.57. The Balaban J connectivity index is 1.69. The van der Waals surface area contributed by atoms with Crippen molar-refractivity contribution in [1.29, 1.82) is 0 Å². The molecule has 0 saturated carbocycles. The number of halogens is 1. The molecule has 0 fully saturated rings. The van der Waals surface area contributed by atoms with E-state index in [0.29, 0.717) is 39.0 Å². The van der Waals surface area contributed by atoms with E-state index in [9.17, 15) is 23.9 Å². The van der Waals surface area contributed by atoms with Crippen molar-refractivity contribution in [2.75, 3.05) is 6.61 Å². The largest absolute Gasteiger partial charge is 0.458 e. The lowest BCUT2D eigenvalue weighted by Crippen LogP contribution is -2.32. The predicted molar refractivity (Wildman–Crippen MR) is 109 cm³/mol. The van der Waals surface area contributed by atoms with Gasteiger partial charge >= 0.3 is 5.97 Å². The molecule has 164 valence electrons. The molecule has 1 unspecified atom stereocenters. The third-order valence-corrected chi connectivity index (χ3v) is 6.02. The molecule has 0 radical (unpaired) electrons. The molecule has 0 bridgehead atoms. The normalized spacial score (nSPS) is 16.4. The molecule has 2 aliphatic rings. The van der Waals surface area contributed by atoms with Crippen molar-refractivity contribution in [2.45, 2.75) is 32.7 Å². The van der Waals surface area contributed by atoms with Gasteiger partial charge in [-0.25, -0.2) is 14.2 Å². The highest BCUT2D eigenvalue weighted by atomic mass is 19.1. The Labute approximate surface area is 180 Å². The van der Waals surface area contributed by atoms with Crippen LogP contribution in [-0.2, 0) is 34.0 Å². The lowest BCUT2D eigenvalue weighted by Gasteiger charge is -2.21. The van der Waals surface area contributed by atoms with Crippen molar-refractivity contribution in [3.05, 3.63) is 62.2 Å². The second kappa shape index (κ2) is 7.21. The first-order chi connectivity index (χ1) is 15.3. The zero-order chi connectivity index (χ0) is 22.7. The molecule has 0 aliphatic carbocycles. The molecular weight excluding hydrogens is 421 g/mol. The minimum Gasteiger partial charge on any atom is -0.458 e. The van der Waals surface area contributed by atoms with Crippen LogP contribution in [0.1, 0.15) is 33.9 Å². The number of ether oxygens (including phenoxy) is 1. The van der Waals surface area contributed by atoms with E-state index < -0.39 is 30.4 Å². The van der Waals surface area contributed by atoms with Gasteiger partial charge < -0.3 is 24.8 Å². The third kappa shape index (κ3) is 2.91. The fourth-order valence-electron chi connectivity index (χ4n) is 4.28. The van der Waals surface area contributed by atoms with Gasteiger partial charge in [0.05, 0.1) is 29.0 Å². The monoisotopic (exact) mass is 439 g/mol. The van der Waals surface area contributed by atoms with Gasteiger partial charge in [0.25, 0.3) is 5.56 Å². The summed E-state index contributed by atoms with van der Waals surface area (Å²) in [4.78, 5) is 40.8. The second-order valence-electron chi connectivity index (χ2n) is 7.82. The van der Waals surface area contributed by atoms with Crippen LogP contribution in [0.4, 0.5) is 4.39 Å². The maximum atomic E-state index is 14.6. The second-order valence-corrected chi connectivity index (χ2v) is 7.82. The molecule has 3 N–H and O–H groups in total. The van der Waals surface area contributed by atoms with Crippen LogP contribution in [0.5, 0.6) is 0 Å². The van der Waals surface area contributed by atoms with Crippen molar-refractivity contribution in [3.63, 3.8) is 0 Å². The van der Waals surface area contributed by atoms with E-state index in [1.165, 1.54) is 10.6 Å². The fourth-order valence-corrected chi connectivity index (χ4v) is 4.28. The van der Waals surface area contributed by atoms with Gasteiger partial charge in [0.15, 0.2) is 6.10 Å². The molecule has 32 heavy (non-hydrogen) atoms. The average Bonchev–Trinajstić information content (AvgIpc) is 3.13. The highest BCUT2D eigenvalue weighted by Gasteiger charge is 2.34. The van der Waals surface area contributed by atoms with Gasteiger partial charge in [-0.05, 0) is 30.2 Å². The smallest absolute Gasteiger partial charge is 0.340 e. The standard InChI is InChI=1S/C22H18FN3O6/c1-9-13(5-24-18(28)7-27)11-2-10-6-26-17(19(10)25-16(11)4-15(9)23)3-12-14(21(26)30)8-32-22(31)20(12)29/h2-4,20,27,29H,5-8H2,1H3,(H,24,28). The number of esters is 1. The minimum absolute atomic E-state index is 0.00674. The number of carbonyl (C=O) groups excluding carboxylic acids is 2. The van der Waals surface area contributed by atoms with Crippen molar-refractivity contribution in [2.24, 2.45) is 0 Å². The number of carbonyl (C=O) groups is 2. The number of amides is 1. The summed E-state index contributed by atoms with van der Waals surface area (Å²) >= 11 is 0. The number of benzene rings is 1. The first-order valence-electron chi connectivity index (χ1n) is 9.91. The number of fused-ring (bicyclic) bond motifs is 5. The topological polar surface area (TPSA) is 131 Å². The van der Waals surface area contributed by atoms with Crippen LogP contribution in [0.3, 0.4) is 0 Å². The van der Waals surface area contributed by atoms with E-state index in [-0.39, 0.29) is 36.4 Å². The number of cyclic esters (lactones) is 1. The molecule has 5 rings (SSSR count). The number of aliphatic hydroxyl groups is 2. The third-order valence-electron chi connectivity index (χ3n) is 6.02. The summed E-state index contributed by atoms with van der Waals surface area (Å²) < 4.78 is 21.0. The number of aromatic nitrogens is 2. The van der Waals surface area contributed by atoms with E-state index in [4.69, 9.17) is 9.84 Å². The average molecular weight is 439 g/mol. The predicted octanol–water partition coefficient (Wildman–Crippen LogP) is 0.571. The van der Waals surface area contributed by atoms with Crippen LogP contribution < -0.4 is 10.9 Å². The summed E-state index contributed by atoms with van der Waals surface area (Å²) in [6.07, 6.45) is -1.55. The van der Waals surface area contributed by atoms with E-state index in [2.05, 4.69) is 10.3 Å². The molecule has 1 aromatic carbocycles. The molecular formula is C22H18FN3O6. The number of nitrogens with one attached hydrogen (secondary N) is 1. The lowest BCUT2D eigenvalue weighted by atomic mass is 9.98. The quantitative estimate of drug-likeness (QED) is 0.398. The SMILES string of the molecule is Cc1c(F)cc2nc3c(cc2c1CNC(=O)CO)Cn1c-3cc2c(c1=O)COC(=O)C2O. The van der Waals surface area contributed by atoms with Crippen LogP contribution in [0.2, 0.25) is 0 Å². The molecule has 10 heteroatoms. The van der Waals surface area contributed by atoms with Crippen molar-refractivity contribution in [1.82, 2.24) is 14.9 Å². The number of aliphatic hydroxyl groups excluding tert-OH is 2. The lowest BCUT2D eigenvalue weighted by molar-refractivity contribution is -0.157. The van der Waals surface area contributed by atoms with Crippen molar-refractivity contribution >= 4 is 22.8 Å².